The molecule has 2 aliphatic rings. The Kier molecular flexibility index (Phi) is 5.97. The third-order valence-electron chi connectivity index (χ3n) is 5.22. The molecule has 0 aromatic heterocycles. The summed E-state index contributed by atoms with van der Waals surface area (Å²) >= 11 is 12.0. The van der Waals surface area contributed by atoms with Crippen molar-refractivity contribution in [1.29, 1.82) is 0 Å². The maximum Gasteiger partial charge on any atom is 0.240 e. The van der Waals surface area contributed by atoms with Gasteiger partial charge in [-0.3, -0.25) is 0 Å². The highest BCUT2D eigenvalue weighted by atomic mass is 35.5. The van der Waals surface area contributed by atoms with E-state index in [1.165, 1.54) is 0 Å². The van der Waals surface area contributed by atoms with Crippen LogP contribution < -0.4 is 4.72 Å². The molecule has 5 nitrogen and oxygen atoms in total. The maximum atomic E-state index is 12.8. The number of benzene rings is 2. The number of hydrogen-bond donors (Lipinski definition) is 1. The van der Waals surface area contributed by atoms with Crippen LogP contribution in [0.25, 0.3) is 11.1 Å². The van der Waals surface area contributed by atoms with E-state index in [0.29, 0.717) is 29.7 Å². The highest BCUT2D eigenvalue weighted by Crippen LogP contribution is 2.30. The van der Waals surface area contributed by atoms with Crippen molar-refractivity contribution in [2.45, 2.75) is 42.4 Å². The zero-order valence-electron chi connectivity index (χ0n) is 15.1. The minimum atomic E-state index is -3.61. The lowest BCUT2D eigenvalue weighted by atomic mass is 9.90. The number of ether oxygens (including phenoxy) is 2. The molecule has 0 amide bonds. The number of sulfonamides is 1. The fourth-order valence-electron chi connectivity index (χ4n) is 3.76. The summed E-state index contributed by atoms with van der Waals surface area (Å²) in [7, 11) is -3.61. The number of fused-ring (bicyclic) bond motifs is 1. The first-order valence-electron chi connectivity index (χ1n) is 9.23. The second-order valence-electron chi connectivity index (χ2n) is 7.10. The summed E-state index contributed by atoms with van der Waals surface area (Å²) in [5.41, 5.74) is 1.74. The molecule has 1 saturated heterocycles. The maximum absolute atomic E-state index is 12.8. The van der Waals surface area contributed by atoms with Crippen molar-refractivity contribution in [3.05, 3.63) is 52.5 Å². The van der Waals surface area contributed by atoms with E-state index in [2.05, 4.69) is 4.72 Å². The van der Waals surface area contributed by atoms with Crippen molar-refractivity contribution in [3.63, 3.8) is 0 Å². The lowest BCUT2D eigenvalue weighted by Crippen LogP contribution is -2.49. The Morgan fingerprint density at radius 2 is 1.54 bits per heavy atom. The Labute approximate surface area is 175 Å². The normalized spacial score (nSPS) is 25.3. The van der Waals surface area contributed by atoms with Gasteiger partial charge in [0, 0.05) is 6.04 Å². The summed E-state index contributed by atoms with van der Waals surface area (Å²) in [6.07, 6.45) is 2.22. The van der Waals surface area contributed by atoms with Crippen LogP contribution in [0, 0.1) is 0 Å². The van der Waals surface area contributed by atoms with Crippen LogP contribution in [-0.4, -0.2) is 39.9 Å². The minimum absolute atomic E-state index is 0.0350. The van der Waals surface area contributed by atoms with E-state index < -0.39 is 10.0 Å². The third kappa shape index (κ3) is 4.37. The van der Waals surface area contributed by atoms with Gasteiger partial charge in [0.2, 0.25) is 10.0 Å². The van der Waals surface area contributed by atoms with Gasteiger partial charge < -0.3 is 9.47 Å². The number of rotatable bonds is 4. The zero-order valence-corrected chi connectivity index (χ0v) is 17.4. The summed E-state index contributed by atoms with van der Waals surface area (Å²) in [6, 6.07) is 11.9. The van der Waals surface area contributed by atoms with Crippen molar-refractivity contribution in [2.75, 3.05) is 13.2 Å². The van der Waals surface area contributed by atoms with Gasteiger partial charge in [0.1, 0.15) is 0 Å². The van der Waals surface area contributed by atoms with Crippen LogP contribution in [-0.2, 0) is 19.5 Å². The van der Waals surface area contributed by atoms with E-state index in [1.807, 2.05) is 6.07 Å². The molecule has 4 rings (SSSR count). The largest absolute Gasteiger partial charge is 0.373 e. The van der Waals surface area contributed by atoms with Crippen molar-refractivity contribution in [1.82, 2.24) is 4.72 Å². The van der Waals surface area contributed by atoms with E-state index in [4.69, 9.17) is 32.7 Å². The Morgan fingerprint density at radius 1 is 0.857 bits per heavy atom. The Bertz CT molecular complexity index is 949. The molecule has 0 spiro atoms. The summed E-state index contributed by atoms with van der Waals surface area (Å²) in [4.78, 5) is 0.235. The van der Waals surface area contributed by atoms with Crippen LogP contribution >= 0.6 is 23.2 Å². The quantitative estimate of drug-likeness (QED) is 0.768. The van der Waals surface area contributed by atoms with Crippen LogP contribution in [0.2, 0.25) is 10.0 Å². The molecule has 1 aliphatic heterocycles. The van der Waals surface area contributed by atoms with E-state index in [0.717, 1.165) is 24.0 Å². The Hall–Kier alpha value is -1.15. The van der Waals surface area contributed by atoms with Gasteiger partial charge in [-0.1, -0.05) is 41.4 Å². The predicted molar refractivity (Wildman–Crippen MR) is 109 cm³/mol. The standard InChI is InChI=1S/C20H21Cl2NO4S/c21-17-7-3-14(11-18(17)22)13-1-5-16(6-2-13)28(24,25)23-15-4-8-19-20(12-15)27-10-9-26-19/h1-3,5-7,11,15,19-20,23H,4,8-10,12H2/t15-,19-,20-/m1/s1. The molecular formula is C20H21Cl2NO4S. The van der Waals surface area contributed by atoms with Crippen LogP contribution in [0.4, 0.5) is 0 Å². The molecule has 150 valence electrons. The van der Waals surface area contributed by atoms with Gasteiger partial charge in [0.15, 0.2) is 0 Å². The molecule has 3 atom stereocenters. The molecule has 28 heavy (non-hydrogen) atoms. The summed E-state index contributed by atoms with van der Waals surface area (Å²) < 4.78 is 39.8. The van der Waals surface area contributed by atoms with Crippen molar-refractivity contribution < 1.29 is 17.9 Å². The number of halogens is 2. The van der Waals surface area contributed by atoms with Crippen molar-refractivity contribution in [3.8, 4) is 11.1 Å². The molecule has 2 aromatic rings. The van der Waals surface area contributed by atoms with Crippen LogP contribution in [0.3, 0.4) is 0 Å². The van der Waals surface area contributed by atoms with Crippen molar-refractivity contribution >= 4 is 33.2 Å². The molecule has 1 heterocycles. The molecule has 0 unspecified atom stereocenters. The average Bonchev–Trinajstić information content (AvgIpc) is 2.70. The first-order valence-corrected chi connectivity index (χ1v) is 11.5. The summed E-state index contributed by atoms with van der Waals surface area (Å²) in [6.45, 7) is 1.18. The highest BCUT2D eigenvalue weighted by molar-refractivity contribution is 7.89. The summed E-state index contributed by atoms with van der Waals surface area (Å²) in [5.74, 6) is 0. The van der Waals surface area contributed by atoms with E-state index >= 15 is 0 Å². The molecule has 0 bridgehead atoms. The molecular weight excluding hydrogens is 421 g/mol. The first-order chi connectivity index (χ1) is 13.4. The molecule has 2 fully saturated rings. The van der Waals surface area contributed by atoms with Crippen LogP contribution in [0.1, 0.15) is 19.3 Å². The highest BCUT2D eigenvalue weighted by Gasteiger charge is 2.35. The van der Waals surface area contributed by atoms with Gasteiger partial charge in [-0.2, -0.15) is 0 Å². The second kappa shape index (κ2) is 8.30. The van der Waals surface area contributed by atoms with Crippen LogP contribution in [0.5, 0.6) is 0 Å². The fourth-order valence-corrected chi connectivity index (χ4v) is 5.34. The van der Waals surface area contributed by atoms with Gasteiger partial charge in [-0.25, -0.2) is 13.1 Å². The van der Waals surface area contributed by atoms with Gasteiger partial charge in [0.25, 0.3) is 0 Å². The van der Waals surface area contributed by atoms with E-state index in [1.54, 1.807) is 36.4 Å². The van der Waals surface area contributed by atoms with Gasteiger partial charge >= 0.3 is 0 Å². The predicted octanol–water partition coefficient (Wildman–Crippen LogP) is 4.28. The second-order valence-corrected chi connectivity index (χ2v) is 9.63. The van der Waals surface area contributed by atoms with Gasteiger partial charge in [0.05, 0.1) is 40.4 Å². The average molecular weight is 442 g/mol. The first kappa shape index (κ1) is 20.1. The zero-order chi connectivity index (χ0) is 19.7. The molecule has 1 N–H and O–H groups in total. The minimum Gasteiger partial charge on any atom is -0.373 e. The van der Waals surface area contributed by atoms with E-state index in [-0.39, 0.29) is 23.1 Å². The topological polar surface area (TPSA) is 64.6 Å². The van der Waals surface area contributed by atoms with Crippen molar-refractivity contribution in [2.24, 2.45) is 0 Å². The van der Waals surface area contributed by atoms with Gasteiger partial charge in [-0.05, 0) is 54.7 Å². The lowest BCUT2D eigenvalue weighted by molar-refractivity contribution is -0.156. The monoisotopic (exact) mass is 441 g/mol. The number of hydrogen-bond acceptors (Lipinski definition) is 4. The molecule has 0 radical (unpaired) electrons. The Morgan fingerprint density at radius 3 is 2.25 bits per heavy atom. The Balaban J connectivity index is 1.46. The molecule has 8 heteroatoms. The fraction of sp³-hybridized carbons (Fsp3) is 0.400. The smallest absolute Gasteiger partial charge is 0.240 e. The molecule has 2 aromatic carbocycles. The lowest BCUT2D eigenvalue weighted by Gasteiger charge is -2.38. The summed E-state index contributed by atoms with van der Waals surface area (Å²) in [5, 5.41) is 0.943. The van der Waals surface area contributed by atoms with Gasteiger partial charge in [-0.15, -0.1) is 0 Å². The SMILES string of the molecule is O=S(=O)(N[C@@H]1CC[C@H]2OCCO[C@@H]2C1)c1ccc(-c2ccc(Cl)c(Cl)c2)cc1. The third-order valence-corrected chi connectivity index (χ3v) is 7.49. The van der Waals surface area contributed by atoms with E-state index in [9.17, 15) is 8.42 Å². The molecule has 1 saturated carbocycles. The number of nitrogens with one attached hydrogen (secondary N) is 1. The molecule has 1 aliphatic carbocycles. The van der Waals surface area contributed by atoms with Crippen LogP contribution in [0.15, 0.2) is 47.4 Å².